The molecule has 82 valence electrons. The van der Waals surface area contributed by atoms with Gasteiger partial charge in [-0.2, -0.15) is 0 Å². The zero-order chi connectivity index (χ0) is 10.4. The lowest BCUT2D eigenvalue weighted by atomic mass is 9.82. The van der Waals surface area contributed by atoms with Crippen LogP contribution in [0.3, 0.4) is 0 Å². The second kappa shape index (κ2) is 3.36. The van der Waals surface area contributed by atoms with Gasteiger partial charge in [-0.25, -0.2) is 4.98 Å². The molecule has 1 aliphatic heterocycles. The quantitative estimate of drug-likeness (QED) is 0.635. The van der Waals surface area contributed by atoms with Gasteiger partial charge in [0.25, 0.3) is 0 Å². The number of nitrogens with zero attached hydrogens (tertiary/aromatic N) is 2. The smallest absolute Gasteiger partial charge is 0.109 e. The number of rotatable bonds is 0. The summed E-state index contributed by atoms with van der Waals surface area (Å²) in [4.78, 5) is 4.89. The van der Waals surface area contributed by atoms with Crippen LogP contribution >= 0.6 is 0 Å². The topological polar surface area (TPSA) is 17.8 Å². The summed E-state index contributed by atoms with van der Waals surface area (Å²) in [5.74, 6) is 2.86. The minimum Gasteiger partial charge on any atom is -0.332 e. The Morgan fingerprint density at radius 2 is 2.07 bits per heavy atom. The van der Waals surface area contributed by atoms with Crippen molar-refractivity contribution in [2.24, 2.45) is 5.92 Å². The van der Waals surface area contributed by atoms with E-state index in [-0.39, 0.29) is 0 Å². The first-order valence-corrected chi connectivity index (χ1v) is 6.35. The van der Waals surface area contributed by atoms with E-state index in [0.717, 1.165) is 5.92 Å². The molecule has 0 N–H and O–H groups in total. The second-order valence-corrected chi connectivity index (χ2v) is 5.27. The molecule has 1 aliphatic carbocycles. The number of imidazole rings is 1. The molecule has 0 saturated heterocycles. The first-order chi connectivity index (χ1) is 7.27. The van der Waals surface area contributed by atoms with E-state index in [1.807, 2.05) is 0 Å². The average Bonchev–Trinajstić information content (AvgIpc) is 2.63. The van der Waals surface area contributed by atoms with Gasteiger partial charge in [0.2, 0.25) is 0 Å². The van der Waals surface area contributed by atoms with Crippen LogP contribution < -0.4 is 0 Å². The summed E-state index contributed by atoms with van der Waals surface area (Å²) in [5, 5.41) is 0. The summed E-state index contributed by atoms with van der Waals surface area (Å²) in [5.41, 5.74) is 2.99. The maximum Gasteiger partial charge on any atom is 0.109 e. The monoisotopic (exact) mass is 204 g/mol. The van der Waals surface area contributed by atoms with Gasteiger partial charge in [-0.1, -0.05) is 13.8 Å². The van der Waals surface area contributed by atoms with Gasteiger partial charge in [-0.15, -0.1) is 0 Å². The van der Waals surface area contributed by atoms with Gasteiger partial charge >= 0.3 is 0 Å². The number of aromatic nitrogens is 2. The SMILES string of the molecule is CC1CCc2c(nc3n2CCCC3)C1C. The Labute approximate surface area is 91.7 Å². The highest BCUT2D eigenvalue weighted by Gasteiger charge is 2.29. The molecular weight excluding hydrogens is 184 g/mol. The van der Waals surface area contributed by atoms with Crippen LogP contribution in [0, 0.1) is 5.92 Å². The highest BCUT2D eigenvalue weighted by atomic mass is 15.1. The minimum atomic E-state index is 0.673. The maximum absolute atomic E-state index is 4.89. The molecule has 2 nitrogen and oxygen atoms in total. The molecule has 0 aromatic carbocycles. The summed E-state index contributed by atoms with van der Waals surface area (Å²) in [6, 6.07) is 0. The molecule has 0 radical (unpaired) electrons. The Morgan fingerprint density at radius 1 is 1.20 bits per heavy atom. The summed E-state index contributed by atoms with van der Waals surface area (Å²) in [6.07, 6.45) is 6.49. The highest BCUT2D eigenvalue weighted by Crippen LogP contribution is 2.36. The molecule has 0 fully saturated rings. The zero-order valence-corrected chi connectivity index (χ0v) is 9.79. The Kier molecular flexibility index (Phi) is 2.11. The fourth-order valence-electron chi connectivity index (χ4n) is 3.08. The molecule has 2 heteroatoms. The summed E-state index contributed by atoms with van der Waals surface area (Å²) in [7, 11) is 0. The molecule has 2 heterocycles. The van der Waals surface area contributed by atoms with Crippen LogP contribution in [0.25, 0.3) is 0 Å². The van der Waals surface area contributed by atoms with E-state index in [9.17, 15) is 0 Å². The molecule has 2 atom stereocenters. The van der Waals surface area contributed by atoms with Crippen LogP contribution in [-0.2, 0) is 19.4 Å². The number of aryl methyl sites for hydroxylation is 1. The van der Waals surface area contributed by atoms with E-state index in [2.05, 4.69) is 18.4 Å². The van der Waals surface area contributed by atoms with Crippen molar-refractivity contribution in [1.82, 2.24) is 9.55 Å². The Bertz CT molecular complexity index is 378. The Balaban J connectivity index is 2.08. The lowest BCUT2D eigenvalue weighted by Crippen LogP contribution is -2.19. The van der Waals surface area contributed by atoms with Gasteiger partial charge in [0.15, 0.2) is 0 Å². The fraction of sp³-hybridized carbons (Fsp3) is 0.769. The summed E-state index contributed by atoms with van der Waals surface area (Å²) in [6.45, 7) is 5.94. The van der Waals surface area contributed by atoms with Crippen molar-refractivity contribution in [3.05, 3.63) is 17.2 Å². The maximum atomic E-state index is 4.89. The van der Waals surface area contributed by atoms with E-state index >= 15 is 0 Å². The fourth-order valence-corrected chi connectivity index (χ4v) is 3.08. The average molecular weight is 204 g/mol. The molecular formula is C13H20N2. The third-order valence-corrected chi connectivity index (χ3v) is 4.34. The van der Waals surface area contributed by atoms with Gasteiger partial charge in [0.1, 0.15) is 5.82 Å². The molecule has 3 rings (SSSR count). The molecule has 1 aromatic rings. The van der Waals surface area contributed by atoms with Crippen LogP contribution in [0.4, 0.5) is 0 Å². The van der Waals surface area contributed by atoms with Crippen molar-refractivity contribution in [2.75, 3.05) is 0 Å². The predicted molar refractivity (Wildman–Crippen MR) is 61.1 cm³/mol. The Morgan fingerprint density at radius 3 is 2.93 bits per heavy atom. The number of hydrogen-bond acceptors (Lipinski definition) is 1. The lowest BCUT2D eigenvalue weighted by molar-refractivity contribution is 0.406. The van der Waals surface area contributed by atoms with Crippen LogP contribution in [0.1, 0.15) is 56.2 Å². The number of fused-ring (bicyclic) bond motifs is 3. The third-order valence-electron chi connectivity index (χ3n) is 4.34. The van der Waals surface area contributed by atoms with E-state index in [4.69, 9.17) is 4.98 Å². The van der Waals surface area contributed by atoms with Crippen LogP contribution in [0.2, 0.25) is 0 Å². The summed E-state index contributed by atoms with van der Waals surface area (Å²) >= 11 is 0. The largest absolute Gasteiger partial charge is 0.332 e. The standard InChI is InChI=1S/C13H20N2/c1-9-6-7-11-13(10(9)2)14-12-5-3-4-8-15(11)12/h9-10H,3-8H2,1-2H3. The Hall–Kier alpha value is -0.790. The van der Waals surface area contributed by atoms with E-state index < -0.39 is 0 Å². The summed E-state index contributed by atoms with van der Waals surface area (Å²) < 4.78 is 2.52. The van der Waals surface area contributed by atoms with Crippen LogP contribution in [0.5, 0.6) is 0 Å². The second-order valence-electron chi connectivity index (χ2n) is 5.27. The molecule has 2 aliphatic rings. The van der Waals surface area contributed by atoms with Gasteiger partial charge in [0, 0.05) is 24.6 Å². The van der Waals surface area contributed by atoms with E-state index in [0.29, 0.717) is 5.92 Å². The predicted octanol–water partition coefficient (Wildman–Crippen LogP) is 2.91. The minimum absolute atomic E-state index is 0.673. The van der Waals surface area contributed by atoms with Gasteiger partial charge in [0.05, 0.1) is 5.69 Å². The lowest BCUT2D eigenvalue weighted by Gasteiger charge is -2.26. The third kappa shape index (κ3) is 1.34. The van der Waals surface area contributed by atoms with Gasteiger partial charge in [-0.05, 0) is 31.6 Å². The van der Waals surface area contributed by atoms with Crippen molar-refractivity contribution in [3.63, 3.8) is 0 Å². The van der Waals surface area contributed by atoms with E-state index in [1.54, 1.807) is 5.69 Å². The van der Waals surface area contributed by atoms with E-state index in [1.165, 1.54) is 50.2 Å². The zero-order valence-electron chi connectivity index (χ0n) is 9.79. The van der Waals surface area contributed by atoms with Crippen LogP contribution in [0.15, 0.2) is 0 Å². The molecule has 2 unspecified atom stereocenters. The van der Waals surface area contributed by atoms with Gasteiger partial charge in [-0.3, -0.25) is 0 Å². The van der Waals surface area contributed by atoms with Crippen molar-refractivity contribution < 1.29 is 0 Å². The molecule has 1 aromatic heterocycles. The number of hydrogen-bond donors (Lipinski definition) is 0. The van der Waals surface area contributed by atoms with Crippen LogP contribution in [-0.4, -0.2) is 9.55 Å². The van der Waals surface area contributed by atoms with Gasteiger partial charge < -0.3 is 4.57 Å². The highest BCUT2D eigenvalue weighted by molar-refractivity contribution is 5.25. The molecule has 0 amide bonds. The van der Waals surface area contributed by atoms with Crippen molar-refractivity contribution >= 4 is 0 Å². The first kappa shape index (κ1) is 9.44. The molecule has 0 saturated carbocycles. The van der Waals surface area contributed by atoms with Crippen molar-refractivity contribution in [1.29, 1.82) is 0 Å². The van der Waals surface area contributed by atoms with Crippen molar-refractivity contribution in [2.45, 2.75) is 58.4 Å². The molecule has 0 bridgehead atoms. The van der Waals surface area contributed by atoms with Crippen molar-refractivity contribution in [3.8, 4) is 0 Å². The first-order valence-electron chi connectivity index (χ1n) is 6.35. The molecule has 0 spiro atoms. The molecule has 15 heavy (non-hydrogen) atoms. The normalized spacial score (nSPS) is 29.7.